The fourth-order valence-corrected chi connectivity index (χ4v) is 1.58. The first kappa shape index (κ1) is 33.5. The van der Waals surface area contributed by atoms with Gasteiger partial charge in [-0.1, -0.05) is 20.8 Å². The molecule has 0 saturated carbocycles. The van der Waals surface area contributed by atoms with Crippen LogP contribution in [0.2, 0.25) is 0 Å². The molecular weight excluding hydrogens is 415 g/mol. The molecule has 0 heterocycles. The van der Waals surface area contributed by atoms with Crippen molar-refractivity contribution in [2.24, 2.45) is 0 Å². The molecule has 0 N–H and O–H groups in total. The fourth-order valence-electron chi connectivity index (χ4n) is 1.58. The van der Waals surface area contributed by atoms with Crippen LogP contribution in [0.25, 0.3) is 0 Å². The van der Waals surface area contributed by atoms with Gasteiger partial charge < -0.3 is 29.7 Å². The maximum absolute atomic E-state index is 10.4. The van der Waals surface area contributed by atoms with Crippen molar-refractivity contribution in [3.63, 3.8) is 0 Å². The van der Waals surface area contributed by atoms with Crippen LogP contribution in [0, 0.1) is 0 Å². The van der Waals surface area contributed by atoms with Crippen LogP contribution in [-0.2, 0) is 45.8 Å². The van der Waals surface area contributed by atoms with E-state index in [1.807, 2.05) is 20.8 Å². The molecule has 0 aromatic carbocycles. The smallest absolute Gasteiger partial charge is 0.550 e. The molecule has 0 rings (SSSR count). The van der Waals surface area contributed by atoms with Crippen molar-refractivity contribution >= 4 is 35.3 Å². The van der Waals surface area contributed by atoms with E-state index in [9.17, 15) is 44.1 Å². The third kappa shape index (κ3) is 35.1. The van der Waals surface area contributed by atoms with E-state index in [4.69, 9.17) is 0 Å². The Labute approximate surface area is 175 Å². The van der Waals surface area contributed by atoms with E-state index < -0.39 is 37.2 Å². The van der Waals surface area contributed by atoms with Gasteiger partial charge in [0.05, 0.1) is 0 Å². The minimum Gasteiger partial charge on any atom is -0.550 e. The first-order valence-corrected chi connectivity index (χ1v) is 8.64. The average Bonchev–Trinajstić information content (AvgIpc) is 2.46. The molecule has 0 aliphatic rings. The summed E-state index contributed by atoms with van der Waals surface area (Å²) in [4.78, 5) is 60.6. The largest absolute Gasteiger partial charge is 3.00 e. The van der Waals surface area contributed by atoms with Crippen LogP contribution in [0.15, 0.2) is 0 Å². The molecule has 10 heteroatoms. The quantitative estimate of drug-likeness (QED) is 0.257. The third-order valence-corrected chi connectivity index (χ3v) is 2.61. The zero-order chi connectivity index (χ0) is 21.8. The summed E-state index contributed by atoms with van der Waals surface area (Å²) in [6.07, 6.45) is 1.82. The summed E-state index contributed by atoms with van der Waals surface area (Å²) >= 11 is 0. The molecule has 9 nitrogen and oxygen atoms in total. The Morgan fingerprint density at radius 2 is 0.679 bits per heavy atom. The first-order valence-electron chi connectivity index (χ1n) is 8.64. The molecule has 0 amide bonds. The molecule has 0 aromatic heterocycles. The molecule has 0 unspecified atom stereocenters. The van der Waals surface area contributed by atoms with Gasteiger partial charge in [0.25, 0.3) is 0 Å². The average molecular weight is 442 g/mol. The van der Waals surface area contributed by atoms with E-state index in [2.05, 4.69) is 0 Å². The minimum atomic E-state index is -1.28. The summed E-state index contributed by atoms with van der Waals surface area (Å²) in [6, 6.07) is 0. The predicted molar refractivity (Wildman–Crippen MR) is 88.6 cm³/mol. The number of Topliss-reactive ketones (excluding diaryl/α,β-unsaturated/α-hetero) is 3. The van der Waals surface area contributed by atoms with Crippen LogP contribution in [0.3, 0.4) is 0 Å². The summed E-state index contributed by atoms with van der Waals surface area (Å²) in [7, 11) is 0. The Balaban J connectivity index is -0.000000152. The van der Waals surface area contributed by atoms with Gasteiger partial charge in [-0.2, -0.15) is 0 Å². The first-order chi connectivity index (χ1) is 12.5. The van der Waals surface area contributed by atoms with Crippen molar-refractivity contribution in [1.29, 1.82) is 0 Å². The van der Waals surface area contributed by atoms with Crippen LogP contribution in [0.1, 0.15) is 78.6 Å². The van der Waals surface area contributed by atoms with Gasteiger partial charge in [0.2, 0.25) is 0 Å². The molecule has 0 aliphatic heterocycles. The number of carboxylic acid groups (broad SMARTS) is 3. The molecule has 0 aliphatic carbocycles. The van der Waals surface area contributed by atoms with E-state index in [0.717, 1.165) is 0 Å². The Morgan fingerprint density at radius 1 is 0.500 bits per heavy atom. The van der Waals surface area contributed by atoms with E-state index in [1.165, 1.54) is 0 Å². The second-order valence-electron chi connectivity index (χ2n) is 5.51. The van der Waals surface area contributed by atoms with E-state index in [1.54, 1.807) is 0 Å². The van der Waals surface area contributed by atoms with E-state index >= 15 is 0 Å². The number of hydrogen-bond donors (Lipinski definition) is 0. The normalized spacial score (nSPS) is 8.68. The maximum atomic E-state index is 10.4. The molecule has 0 spiro atoms. The van der Waals surface area contributed by atoms with Crippen molar-refractivity contribution in [3.8, 4) is 0 Å². The standard InChI is InChI=1S/3C6H10O3.Mn/c3*1-2-3-5(7)4-6(8)9;/h3*2-4H2,1H3,(H,8,9);/q;;;+3/p-3. The minimum absolute atomic E-state index is 0. The SMILES string of the molecule is CCCC(=O)CC(=O)[O-].CCCC(=O)CC(=O)[O-].CCCC(=O)CC(=O)[O-].[Mn+3]. The molecule has 28 heavy (non-hydrogen) atoms. The van der Waals surface area contributed by atoms with Gasteiger partial charge in [0.1, 0.15) is 17.3 Å². The molecule has 160 valence electrons. The van der Waals surface area contributed by atoms with Gasteiger partial charge >= 0.3 is 17.1 Å². The maximum Gasteiger partial charge on any atom is 3.00 e. The summed E-state index contributed by atoms with van der Waals surface area (Å²) in [5.74, 6) is -4.61. The second kappa shape index (κ2) is 23.0. The molecule has 0 radical (unpaired) electrons. The predicted octanol–water partition coefficient (Wildman–Crippen LogP) is -1.52. The Kier molecular flexibility index (Phi) is 27.5. The van der Waals surface area contributed by atoms with Crippen LogP contribution in [0.5, 0.6) is 0 Å². The van der Waals surface area contributed by atoms with Crippen LogP contribution >= 0.6 is 0 Å². The van der Waals surface area contributed by atoms with E-state index in [-0.39, 0.29) is 34.4 Å². The van der Waals surface area contributed by atoms with Crippen LogP contribution in [0.4, 0.5) is 0 Å². The fraction of sp³-hybridized carbons (Fsp3) is 0.667. The van der Waals surface area contributed by atoms with Gasteiger partial charge in [-0.05, 0) is 19.3 Å². The number of carbonyl (C=O) groups excluding carboxylic acids is 6. The van der Waals surface area contributed by atoms with Gasteiger partial charge in [0.15, 0.2) is 0 Å². The van der Waals surface area contributed by atoms with Gasteiger partial charge in [0, 0.05) is 56.4 Å². The number of carboxylic acids is 3. The molecule has 0 aromatic rings. The Hall–Kier alpha value is -2.06. The monoisotopic (exact) mass is 442 g/mol. The summed E-state index contributed by atoms with van der Waals surface area (Å²) in [5.41, 5.74) is 0. The third-order valence-electron chi connectivity index (χ3n) is 2.61. The van der Waals surface area contributed by atoms with Gasteiger partial charge in [-0.3, -0.25) is 14.4 Å². The molecule has 0 atom stereocenters. The van der Waals surface area contributed by atoms with Crippen molar-refractivity contribution in [3.05, 3.63) is 0 Å². The Morgan fingerprint density at radius 3 is 0.786 bits per heavy atom. The van der Waals surface area contributed by atoms with E-state index in [0.29, 0.717) is 38.5 Å². The summed E-state index contributed by atoms with van der Waals surface area (Å²) in [6.45, 7) is 5.48. The summed E-state index contributed by atoms with van der Waals surface area (Å²) in [5, 5.41) is 29.3. The molecular formula is C18H27MnO9. The zero-order valence-electron chi connectivity index (χ0n) is 16.4. The topological polar surface area (TPSA) is 172 Å². The Bertz CT molecular complexity index is 430. The van der Waals surface area contributed by atoms with Crippen molar-refractivity contribution in [2.45, 2.75) is 78.6 Å². The second-order valence-corrected chi connectivity index (χ2v) is 5.51. The van der Waals surface area contributed by atoms with Crippen LogP contribution in [-0.4, -0.2) is 35.3 Å². The van der Waals surface area contributed by atoms with Crippen molar-refractivity contribution < 1.29 is 61.2 Å². The van der Waals surface area contributed by atoms with Gasteiger partial charge in [-0.25, -0.2) is 0 Å². The van der Waals surface area contributed by atoms with Crippen molar-refractivity contribution in [1.82, 2.24) is 0 Å². The number of ketones is 3. The zero-order valence-corrected chi connectivity index (χ0v) is 17.6. The molecule has 0 bridgehead atoms. The number of rotatable bonds is 12. The molecule has 0 fully saturated rings. The summed E-state index contributed by atoms with van der Waals surface area (Å²) < 4.78 is 0. The van der Waals surface area contributed by atoms with Crippen molar-refractivity contribution in [2.75, 3.05) is 0 Å². The number of hydrogen-bond acceptors (Lipinski definition) is 9. The molecule has 0 saturated heterocycles. The van der Waals surface area contributed by atoms with Gasteiger partial charge in [-0.15, -0.1) is 0 Å². The van der Waals surface area contributed by atoms with Crippen LogP contribution < -0.4 is 15.3 Å². The number of carbonyl (C=O) groups is 6. The number of aliphatic carboxylic acids is 3.